The second kappa shape index (κ2) is 5.09. The van der Waals surface area contributed by atoms with Gasteiger partial charge in [-0.05, 0) is 33.6 Å². The van der Waals surface area contributed by atoms with Gasteiger partial charge in [-0.25, -0.2) is 4.79 Å². The predicted molar refractivity (Wildman–Crippen MR) is 69.7 cm³/mol. The smallest absolute Gasteiger partial charge is 0.407 e. The summed E-state index contributed by atoms with van der Waals surface area (Å²) in [6, 6.07) is 0.574. The van der Waals surface area contributed by atoms with Crippen molar-refractivity contribution < 1.29 is 9.53 Å². The van der Waals surface area contributed by atoms with Gasteiger partial charge in [-0.1, -0.05) is 4.49 Å². The van der Waals surface area contributed by atoms with Crippen molar-refractivity contribution in [3.63, 3.8) is 0 Å². The van der Waals surface area contributed by atoms with Gasteiger partial charge in [0.1, 0.15) is 10.6 Å². The molecule has 0 unspecified atom stereocenters. The molecule has 1 aliphatic rings. The summed E-state index contributed by atoms with van der Waals surface area (Å²) in [6.07, 6.45) is 3.17. The van der Waals surface area contributed by atoms with Crippen LogP contribution in [0.4, 0.5) is 9.80 Å². The van der Waals surface area contributed by atoms with E-state index in [0.717, 1.165) is 17.8 Å². The van der Waals surface area contributed by atoms with E-state index in [1.807, 2.05) is 20.8 Å². The first-order chi connectivity index (χ1) is 8.42. The zero-order valence-corrected chi connectivity index (χ0v) is 11.6. The van der Waals surface area contributed by atoms with Crippen molar-refractivity contribution in [3.8, 4) is 0 Å². The van der Waals surface area contributed by atoms with E-state index in [0.29, 0.717) is 6.04 Å². The van der Waals surface area contributed by atoms with Gasteiger partial charge in [0.25, 0.3) is 0 Å². The lowest BCUT2D eigenvalue weighted by atomic mass is 9.87. The van der Waals surface area contributed by atoms with Gasteiger partial charge in [-0.3, -0.25) is 0 Å². The number of carbonyl (C=O) groups is 1. The summed E-state index contributed by atoms with van der Waals surface area (Å²) in [4.78, 5) is 11.5. The second-order valence-electron chi connectivity index (χ2n) is 5.44. The van der Waals surface area contributed by atoms with Crippen molar-refractivity contribution in [3.05, 3.63) is 6.20 Å². The van der Waals surface area contributed by atoms with Crippen LogP contribution >= 0.6 is 11.5 Å². The summed E-state index contributed by atoms with van der Waals surface area (Å²) in [5.41, 5.74) is -0.445. The Balaban J connectivity index is 1.66. The molecule has 0 radical (unpaired) electrons. The van der Waals surface area contributed by atoms with E-state index in [9.17, 15) is 4.79 Å². The molecular formula is C11H18N4O2S. The summed E-state index contributed by atoms with van der Waals surface area (Å²) in [5, 5.41) is 10.9. The van der Waals surface area contributed by atoms with Gasteiger partial charge >= 0.3 is 6.09 Å². The van der Waals surface area contributed by atoms with Crippen LogP contribution in [0.2, 0.25) is 0 Å². The average Bonchev–Trinajstić information content (AvgIpc) is 2.63. The Morgan fingerprint density at radius 2 is 2.17 bits per heavy atom. The van der Waals surface area contributed by atoms with E-state index >= 15 is 0 Å². The van der Waals surface area contributed by atoms with Gasteiger partial charge in [0.2, 0.25) is 0 Å². The molecule has 1 aliphatic carbocycles. The number of nitrogens with zero attached hydrogens (tertiary/aromatic N) is 2. The van der Waals surface area contributed by atoms with Gasteiger partial charge in [-0.15, -0.1) is 5.10 Å². The Morgan fingerprint density at radius 1 is 1.44 bits per heavy atom. The predicted octanol–water partition coefficient (Wildman–Crippen LogP) is 2.01. The third-order valence-electron chi connectivity index (χ3n) is 2.57. The number of carbonyl (C=O) groups excluding carboxylic acids is 1. The molecule has 100 valence electrons. The van der Waals surface area contributed by atoms with Crippen molar-refractivity contribution in [2.45, 2.75) is 51.3 Å². The quantitative estimate of drug-likeness (QED) is 0.878. The first kappa shape index (κ1) is 13.1. The van der Waals surface area contributed by atoms with Crippen LogP contribution in [0, 0.1) is 0 Å². The van der Waals surface area contributed by atoms with Crippen LogP contribution in [0.15, 0.2) is 6.20 Å². The van der Waals surface area contributed by atoms with Gasteiger partial charge in [0.05, 0.1) is 6.20 Å². The lowest BCUT2D eigenvalue weighted by molar-refractivity contribution is 0.0475. The summed E-state index contributed by atoms with van der Waals surface area (Å²) in [6.45, 7) is 5.57. The SMILES string of the molecule is CC(C)(C)OC(=O)NC1CC(Nc2cnns2)C1. The topological polar surface area (TPSA) is 76.1 Å². The molecule has 18 heavy (non-hydrogen) atoms. The maximum absolute atomic E-state index is 11.5. The van der Waals surface area contributed by atoms with Gasteiger partial charge in [0.15, 0.2) is 0 Å². The summed E-state index contributed by atoms with van der Waals surface area (Å²) < 4.78 is 8.98. The maximum atomic E-state index is 11.5. The molecule has 0 saturated heterocycles. The molecule has 1 amide bonds. The molecule has 0 spiro atoms. The minimum Gasteiger partial charge on any atom is -0.444 e. The Bertz CT molecular complexity index is 396. The van der Waals surface area contributed by atoms with E-state index in [2.05, 4.69) is 20.2 Å². The first-order valence-corrected chi connectivity index (χ1v) is 6.73. The summed E-state index contributed by atoms with van der Waals surface area (Å²) >= 11 is 1.34. The van der Waals surface area contributed by atoms with Crippen molar-refractivity contribution in [1.82, 2.24) is 14.9 Å². The molecule has 1 fully saturated rings. The molecule has 1 aromatic heterocycles. The molecule has 0 aromatic carbocycles. The fraction of sp³-hybridized carbons (Fsp3) is 0.727. The Morgan fingerprint density at radius 3 is 2.72 bits per heavy atom. The minimum atomic E-state index is -0.445. The van der Waals surface area contributed by atoms with Crippen LogP contribution in [0.25, 0.3) is 0 Å². The normalized spacial score (nSPS) is 23.1. The first-order valence-electron chi connectivity index (χ1n) is 5.96. The molecule has 1 saturated carbocycles. The number of ether oxygens (including phenoxy) is 1. The highest BCUT2D eigenvalue weighted by Crippen LogP contribution is 2.25. The number of nitrogens with one attached hydrogen (secondary N) is 2. The molecule has 0 bridgehead atoms. The highest BCUT2D eigenvalue weighted by atomic mass is 32.1. The molecule has 1 heterocycles. The Labute approximate surface area is 110 Å². The molecule has 0 aliphatic heterocycles. The highest BCUT2D eigenvalue weighted by molar-refractivity contribution is 7.09. The molecule has 2 N–H and O–H groups in total. The minimum absolute atomic E-state index is 0.193. The third kappa shape index (κ3) is 3.83. The maximum Gasteiger partial charge on any atom is 0.407 e. The lowest BCUT2D eigenvalue weighted by Crippen LogP contribution is -2.50. The molecular weight excluding hydrogens is 252 g/mol. The number of rotatable bonds is 3. The molecule has 0 atom stereocenters. The third-order valence-corrected chi connectivity index (χ3v) is 3.16. The Hall–Kier alpha value is -1.37. The van der Waals surface area contributed by atoms with E-state index in [4.69, 9.17) is 4.74 Å². The number of anilines is 1. The fourth-order valence-electron chi connectivity index (χ4n) is 1.76. The van der Waals surface area contributed by atoms with Gasteiger partial charge < -0.3 is 15.4 Å². The zero-order chi connectivity index (χ0) is 13.2. The van der Waals surface area contributed by atoms with E-state index in [-0.39, 0.29) is 12.1 Å². The van der Waals surface area contributed by atoms with Crippen LogP contribution in [0.1, 0.15) is 33.6 Å². The monoisotopic (exact) mass is 270 g/mol. The number of aromatic nitrogens is 2. The second-order valence-corrected chi connectivity index (χ2v) is 6.22. The highest BCUT2D eigenvalue weighted by Gasteiger charge is 2.31. The number of hydrogen-bond acceptors (Lipinski definition) is 6. The average molecular weight is 270 g/mol. The standard InChI is InChI=1S/C11H18N4O2S/c1-11(2,3)17-10(16)14-8-4-7(5-8)13-9-6-12-15-18-9/h6-8,13H,4-5H2,1-3H3,(H,14,16). The molecule has 6 nitrogen and oxygen atoms in total. The summed E-state index contributed by atoms with van der Waals surface area (Å²) in [7, 11) is 0. The van der Waals surface area contributed by atoms with Gasteiger partial charge in [0, 0.05) is 23.6 Å². The molecule has 2 rings (SSSR count). The van der Waals surface area contributed by atoms with Crippen LogP contribution in [0.5, 0.6) is 0 Å². The molecule has 7 heteroatoms. The number of hydrogen-bond donors (Lipinski definition) is 2. The van der Waals surface area contributed by atoms with Crippen molar-refractivity contribution in [2.75, 3.05) is 5.32 Å². The van der Waals surface area contributed by atoms with E-state index in [1.165, 1.54) is 11.5 Å². The van der Waals surface area contributed by atoms with Crippen LogP contribution in [-0.2, 0) is 4.74 Å². The fourth-order valence-corrected chi connectivity index (χ4v) is 2.26. The van der Waals surface area contributed by atoms with Crippen molar-refractivity contribution >= 4 is 22.6 Å². The number of amides is 1. The van der Waals surface area contributed by atoms with Crippen LogP contribution in [-0.4, -0.2) is 33.4 Å². The van der Waals surface area contributed by atoms with Crippen molar-refractivity contribution in [2.24, 2.45) is 0 Å². The van der Waals surface area contributed by atoms with E-state index < -0.39 is 5.60 Å². The van der Waals surface area contributed by atoms with Crippen LogP contribution < -0.4 is 10.6 Å². The van der Waals surface area contributed by atoms with Crippen molar-refractivity contribution in [1.29, 1.82) is 0 Å². The largest absolute Gasteiger partial charge is 0.444 e. The Kier molecular flexibility index (Phi) is 3.70. The van der Waals surface area contributed by atoms with E-state index in [1.54, 1.807) is 6.20 Å². The molecule has 1 aromatic rings. The summed E-state index contributed by atoms with van der Waals surface area (Å²) in [5.74, 6) is 0. The van der Waals surface area contributed by atoms with Crippen LogP contribution in [0.3, 0.4) is 0 Å². The van der Waals surface area contributed by atoms with Gasteiger partial charge in [-0.2, -0.15) is 0 Å². The lowest BCUT2D eigenvalue weighted by Gasteiger charge is -2.36. The number of alkyl carbamates (subject to hydrolysis) is 1. The zero-order valence-electron chi connectivity index (χ0n) is 10.8.